The molecule has 1 fully saturated rings. The third-order valence-corrected chi connectivity index (χ3v) is 5.63. The third kappa shape index (κ3) is 4.30. The fourth-order valence-corrected chi connectivity index (χ4v) is 4.03. The predicted molar refractivity (Wildman–Crippen MR) is 114 cm³/mol. The molecule has 9 nitrogen and oxygen atoms in total. The van der Waals surface area contributed by atoms with Crippen molar-refractivity contribution in [3.63, 3.8) is 0 Å². The first kappa shape index (κ1) is 22.8. The lowest BCUT2D eigenvalue weighted by atomic mass is 10.0. The summed E-state index contributed by atoms with van der Waals surface area (Å²) in [6, 6.07) is 1.93. The summed E-state index contributed by atoms with van der Waals surface area (Å²) in [5.74, 6) is 0.714. The number of hydrogen-bond donors (Lipinski definition) is 1. The Hall–Kier alpha value is -3.41. The van der Waals surface area contributed by atoms with Crippen molar-refractivity contribution in [2.75, 3.05) is 32.6 Å². The normalized spacial score (nSPS) is 16.9. The Labute approximate surface area is 187 Å². The van der Waals surface area contributed by atoms with E-state index in [9.17, 15) is 18.0 Å². The molecule has 0 bridgehead atoms. The zero-order chi connectivity index (χ0) is 23.9. The number of ether oxygens (including phenoxy) is 2. The van der Waals surface area contributed by atoms with Crippen LogP contribution in [0.5, 0.6) is 11.6 Å². The van der Waals surface area contributed by atoms with Gasteiger partial charge in [-0.05, 0) is 44.6 Å². The highest BCUT2D eigenvalue weighted by Gasteiger charge is 2.33. The number of methoxy groups -OCH3 is 1. The lowest BCUT2D eigenvalue weighted by Gasteiger charge is -2.15. The zero-order valence-electron chi connectivity index (χ0n) is 18.5. The summed E-state index contributed by atoms with van der Waals surface area (Å²) in [5, 5.41) is 3.33. The second kappa shape index (κ2) is 8.50. The summed E-state index contributed by atoms with van der Waals surface area (Å²) in [6.07, 6.45) is -3.66. The largest absolute Gasteiger partial charge is 0.478 e. The number of aryl methyl sites for hydroxylation is 2. The van der Waals surface area contributed by atoms with Crippen molar-refractivity contribution in [1.29, 1.82) is 0 Å². The van der Waals surface area contributed by atoms with Crippen LogP contribution in [-0.2, 0) is 18.0 Å². The van der Waals surface area contributed by atoms with Crippen LogP contribution in [0.4, 0.5) is 19.0 Å². The van der Waals surface area contributed by atoms with Gasteiger partial charge in [0.25, 0.3) is 12.4 Å². The zero-order valence-corrected chi connectivity index (χ0v) is 18.5. The Morgan fingerprint density at radius 3 is 2.58 bits per heavy atom. The van der Waals surface area contributed by atoms with Crippen molar-refractivity contribution >= 4 is 23.6 Å². The van der Waals surface area contributed by atoms with Crippen molar-refractivity contribution in [2.45, 2.75) is 25.6 Å². The molecule has 0 spiro atoms. The molecule has 0 aliphatic carbocycles. The molecular formula is C21H23F3N6O3. The van der Waals surface area contributed by atoms with E-state index in [1.807, 2.05) is 7.05 Å². The highest BCUT2D eigenvalue weighted by atomic mass is 19.4. The van der Waals surface area contributed by atoms with Crippen molar-refractivity contribution in [1.82, 2.24) is 24.4 Å². The number of fused-ring (bicyclic) bond motifs is 1. The monoisotopic (exact) mass is 464 g/mol. The molecule has 4 rings (SSSR count). The number of halogens is 3. The number of carbonyl (C=O) groups excluding carboxylic acids is 1. The summed E-state index contributed by atoms with van der Waals surface area (Å²) < 4.78 is 51.7. The van der Waals surface area contributed by atoms with Gasteiger partial charge in [-0.2, -0.15) is 18.2 Å². The summed E-state index contributed by atoms with van der Waals surface area (Å²) >= 11 is 0. The Kier molecular flexibility index (Phi) is 5.87. The fourth-order valence-electron chi connectivity index (χ4n) is 4.03. The number of rotatable bonds is 6. The number of likely N-dealkylation sites (tertiary alicyclic amines) is 1. The molecule has 3 aromatic rings. The van der Waals surface area contributed by atoms with Crippen LogP contribution in [0.25, 0.3) is 22.7 Å². The van der Waals surface area contributed by atoms with E-state index in [0.717, 1.165) is 31.6 Å². The standard InChI is InChI=1S/C21H23F3N6O3/c1-11-7-12(21(22,23)24)8-14(33-10-31)15(11)18-27-16-19(30(18)3)28-20(32-4)17(26-16)25-13-5-6-29(2)9-13/h7-8,10,13H,5-6,9H2,1-4H3,(H,25,26)/t13-/m1/s1. The quantitative estimate of drug-likeness (QED) is 0.557. The highest BCUT2D eigenvalue weighted by Crippen LogP contribution is 2.40. The number of nitrogens with zero attached hydrogens (tertiary/aromatic N) is 5. The molecule has 1 N–H and O–H groups in total. The second-order valence-corrected chi connectivity index (χ2v) is 7.99. The fraction of sp³-hybridized carbons (Fsp3) is 0.429. The maximum absolute atomic E-state index is 13.3. The topological polar surface area (TPSA) is 94.4 Å². The smallest absolute Gasteiger partial charge is 0.416 e. The molecule has 2 aromatic heterocycles. The lowest BCUT2D eigenvalue weighted by Crippen LogP contribution is -2.24. The van der Waals surface area contributed by atoms with Crippen LogP contribution < -0.4 is 14.8 Å². The molecule has 176 valence electrons. The molecule has 12 heteroatoms. The van der Waals surface area contributed by atoms with Crippen molar-refractivity contribution in [3.8, 4) is 23.0 Å². The first-order valence-corrected chi connectivity index (χ1v) is 10.2. The first-order chi connectivity index (χ1) is 15.6. The van der Waals surface area contributed by atoms with Gasteiger partial charge in [0.05, 0.1) is 18.2 Å². The minimum atomic E-state index is -4.60. The number of alkyl halides is 3. The number of nitrogens with one attached hydrogen (secondary N) is 1. The van der Waals surface area contributed by atoms with Crippen molar-refractivity contribution < 1.29 is 27.4 Å². The molecule has 33 heavy (non-hydrogen) atoms. The van der Waals surface area contributed by atoms with Crippen LogP contribution in [-0.4, -0.2) is 64.2 Å². The van der Waals surface area contributed by atoms with Gasteiger partial charge in [-0.25, -0.2) is 9.97 Å². The van der Waals surface area contributed by atoms with E-state index in [0.29, 0.717) is 11.5 Å². The number of aromatic nitrogens is 4. The van der Waals surface area contributed by atoms with Gasteiger partial charge in [0, 0.05) is 19.6 Å². The molecular weight excluding hydrogens is 441 g/mol. The molecule has 0 unspecified atom stereocenters. The second-order valence-electron chi connectivity index (χ2n) is 7.99. The minimum absolute atomic E-state index is 0.0846. The van der Waals surface area contributed by atoms with E-state index in [-0.39, 0.29) is 46.7 Å². The summed E-state index contributed by atoms with van der Waals surface area (Å²) in [7, 11) is 5.17. The molecule has 0 amide bonds. The summed E-state index contributed by atoms with van der Waals surface area (Å²) in [5.41, 5.74) is 0.193. The van der Waals surface area contributed by atoms with Gasteiger partial charge in [0.1, 0.15) is 11.6 Å². The molecule has 1 aromatic carbocycles. The maximum Gasteiger partial charge on any atom is 0.416 e. The number of carbonyl (C=O) groups is 1. The van der Waals surface area contributed by atoms with Crippen LogP contribution in [0, 0.1) is 6.92 Å². The highest BCUT2D eigenvalue weighted by molar-refractivity contribution is 5.80. The number of anilines is 1. The van der Waals surface area contributed by atoms with E-state index < -0.39 is 11.7 Å². The molecule has 1 aliphatic rings. The predicted octanol–water partition coefficient (Wildman–Crippen LogP) is 3.02. The summed E-state index contributed by atoms with van der Waals surface area (Å²) in [6.45, 7) is 3.37. The van der Waals surface area contributed by atoms with Gasteiger partial charge in [-0.15, -0.1) is 0 Å². The molecule has 1 atom stereocenters. The molecule has 0 saturated carbocycles. The molecule has 1 saturated heterocycles. The third-order valence-electron chi connectivity index (χ3n) is 5.63. The number of likely N-dealkylation sites (N-methyl/N-ethyl adjacent to an activating group) is 1. The van der Waals surface area contributed by atoms with E-state index in [1.165, 1.54) is 14.0 Å². The van der Waals surface area contributed by atoms with Gasteiger partial charge in [0.2, 0.25) is 0 Å². The van der Waals surface area contributed by atoms with E-state index in [1.54, 1.807) is 11.6 Å². The van der Waals surface area contributed by atoms with Gasteiger partial charge in [0.15, 0.2) is 17.1 Å². The molecule has 0 radical (unpaired) electrons. The molecule has 1 aliphatic heterocycles. The van der Waals surface area contributed by atoms with Gasteiger partial charge < -0.3 is 24.3 Å². The number of benzene rings is 1. The Morgan fingerprint density at radius 1 is 1.21 bits per heavy atom. The first-order valence-electron chi connectivity index (χ1n) is 10.2. The minimum Gasteiger partial charge on any atom is -0.478 e. The summed E-state index contributed by atoms with van der Waals surface area (Å²) in [4.78, 5) is 26.8. The molecule has 3 heterocycles. The Balaban J connectivity index is 1.83. The van der Waals surface area contributed by atoms with Gasteiger partial charge in [-0.1, -0.05) is 0 Å². The van der Waals surface area contributed by atoms with Crippen molar-refractivity contribution in [2.24, 2.45) is 7.05 Å². The Bertz CT molecular complexity index is 1210. The van der Waals surface area contributed by atoms with Crippen LogP contribution >= 0.6 is 0 Å². The van der Waals surface area contributed by atoms with Crippen LogP contribution in [0.2, 0.25) is 0 Å². The van der Waals surface area contributed by atoms with E-state index in [2.05, 4.69) is 25.2 Å². The van der Waals surface area contributed by atoms with Crippen LogP contribution in [0.15, 0.2) is 12.1 Å². The average Bonchev–Trinajstić information content (AvgIpc) is 3.29. The Morgan fingerprint density at radius 2 is 1.97 bits per heavy atom. The SMILES string of the molecule is COc1nc2c(nc1N[C@@H]1CCN(C)C1)nc(-c1c(C)cc(C(F)(F)F)cc1OC=O)n2C. The van der Waals surface area contributed by atoms with Crippen LogP contribution in [0.1, 0.15) is 17.5 Å². The number of imidazole rings is 1. The maximum atomic E-state index is 13.3. The van der Waals surface area contributed by atoms with Crippen LogP contribution in [0.3, 0.4) is 0 Å². The van der Waals surface area contributed by atoms with Gasteiger partial charge >= 0.3 is 6.18 Å². The average molecular weight is 464 g/mol. The lowest BCUT2D eigenvalue weighted by molar-refractivity contribution is -0.138. The number of hydrogen-bond acceptors (Lipinski definition) is 8. The van der Waals surface area contributed by atoms with Gasteiger partial charge in [-0.3, -0.25) is 4.79 Å². The van der Waals surface area contributed by atoms with Crippen molar-refractivity contribution in [3.05, 3.63) is 23.3 Å². The van der Waals surface area contributed by atoms with E-state index >= 15 is 0 Å². The van der Waals surface area contributed by atoms with E-state index in [4.69, 9.17) is 9.47 Å².